The van der Waals surface area contributed by atoms with E-state index < -0.39 is 5.60 Å². The Balaban J connectivity index is 2.24. The fourth-order valence-electron chi connectivity index (χ4n) is 2.28. The van der Waals surface area contributed by atoms with Gasteiger partial charge in [-0.2, -0.15) is 0 Å². The number of carbonyl (C=O) groups excluding carboxylic acids is 1. The topological polar surface area (TPSA) is 26.3 Å². The molecule has 2 rings (SSSR count). The predicted octanol–water partition coefficient (Wildman–Crippen LogP) is 4.68. The van der Waals surface area contributed by atoms with Crippen LogP contribution in [-0.2, 0) is 15.1 Å². The van der Waals surface area contributed by atoms with Crippen LogP contribution < -0.4 is 0 Å². The first kappa shape index (κ1) is 16.8. The summed E-state index contributed by atoms with van der Waals surface area (Å²) in [5.41, 5.74) is 1.49. The van der Waals surface area contributed by atoms with E-state index in [2.05, 4.69) is 5.92 Å². The summed E-state index contributed by atoms with van der Waals surface area (Å²) in [4.78, 5) is 11.8. The lowest BCUT2D eigenvalue weighted by Gasteiger charge is -2.24. The maximum absolute atomic E-state index is 13.0. The molecule has 2 nitrogen and oxygen atoms in total. The van der Waals surface area contributed by atoms with E-state index in [-0.39, 0.29) is 11.8 Å². The van der Waals surface area contributed by atoms with Crippen LogP contribution in [0.4, 0.5) is 4.39 Å². The van der Waals surface area contributed by atoms with Gasteiger partial charge in [-0.3, -0.25) is 4.79 Å². The average molecular weight is 310 g/mol. The highest BCUT2D eigenvalue weighted by Crippen LogP contribution is 2.28. The molecule has 0 heterocycles. The number of hydrogen-bond donors (Lipinski definition) is 0. The standard InChI is InChI=1S/C20H19FO2/c1-4-6-19(22)23-20(3,5-2)17-11-7-15(8-12-17)16-9-13-18(21)14-10-16/h2,7-14H,4,6H2,1,3H3. The van der Waals surface area contributed by atoms with Crippen molar-refractivity contribution in [3.63, 3.8) is 0 Å². The Morgan fingerprint density at radius 2 is 1.65 bits per heavy atom. The lowest BCUT2D eigenvalue weighted by Crippen LogP contribution is -2.27. The van der Waals surface area contributed by atoms with Crippen LogP contribution in [-0.4, -0.2) is 5.97 Å². The third kappa shape index (κ3) is 3.98. The normalized spacial score (nSPS) is 13.0. The van der Waals surface area contributed by atoms with Gasteiger partial charge in [-0.1, -0.05) is 49.2 Å². The third-order valence-corrected chi connectivity index (χ3v) is 3.66. The summed E-state index contributed by atoms with van der Waals surface area (Å²) in [7, 11) is 0. The van der Waals surface area contributed by atoms with E-state index in [1.54, 1.807) is 19.1 Å². The van der Waals surface area contributed by atoms with E-state index in [4.69, 9.17) is 11.2 Å². The lowest BCUT2D eigenvalue weighted by molar-refractivity contribution is -0.153. The number of rotatable bonds is 5. The molecule has 3 heteroatoms. The van der Waals surface area contributed by atoms with Gasteiger partial charge in [0.25, 0.3) is 0 Å². The van der Waals surface area contributed by atoms with Gasteiger partial charge < -0.3 is 4.74 Å². The number of carbonyl (C=O) groups is 1. The molecule has 0 aliphatic carbocycles. The number of benzene rings is 2. The van der Waals surface area contributed by atoms with Gasteiger partial charge in [-0.15, -0.1) is 6.42 Å². The van der Waals surface area contributed by atoms with Crippen molar-refractivity contribution in [2.45, 2.75) is 32.3 Å². The van der Waals surface area contributed by atoms with Crippen molar-refractivity contribution in [2.24, 2.45) is 0 Å². The molecule has 1 atom stereocenters. The lowest BCUT2D eigenvalue weighted by atomic mass is 9.94. The summed E-state index contributed by atoms with van der Waals surface area (Å²) in [6.07, 6.45) is 6.63. The molecule has 2 aromatic rings. The summed E-state index contributed by atoms with van der Waals surface area (Å²) in [6.45, 7) is 3.61. The van der Waals surface area contributed by atoms with E-state index >= 15 is 0 Å². The molecule has 23 heavy (non-hydrogen) atoms. The highest BCUT2D eigenvalue weighted by Gasteiger charge is 2.28. The van der Waals surface area contributed by atoms with Crippen LogP contribution in [0.25, 0.3) is 11.1 Å². The fraction of sp³-hybridized carbons (Fsp3) is 0.250. The zero-order valence-electron chi connectivity index (χ0n) is 13.3. The van der Waals surface area contributed by atoms with Crippen molar-refractivity contribution in [3.8, 4) is 23.5 Å². The second-order valence-electron chi connectivity index (χ2n) is 5.49. The second-order valence-corrected chi connectivity index (χ2v) is 5.49. The molecule has 0 saturated carbocycles. The highest BCUT2D eigenvalue weighted by molar-refractivity contribution is 5.71. The number of halogens is 1. The summed E-state index contributed by atoms with van der Waals surface area (Å²) >= 11 is 0. The zero-order valence-corrected chi connectivity index (χ0v) is 13.3. The number of terminal acetylenes is 1. The monoisotopic (exact) mass is 310 g/mol. The quantitative estimate of drug-likeness (QED) is 0.592. The molecule has 0 spiro atoms. The van der Waals surface area contributed by atoms with Gasteiger partial charge in [0.1, 0.15) is 5.82 Å². The van der Waals surface area contributed by atoms with Gasteiger partial charge in [0.05, 0.1) is 0 Å². The molecule has 0 aliphatic heterocycles. The Morgan fingerprint density at radius 1 is 1.13 bits per heavy atom. The van der Waals surface area contributed by atoms with Crippen LogP contribution in [0.5, 0.6) is 0 Å². The molecule has 1 unspecified atom stereocenters. The molecular weight excluding hydrogens is 291 g/mol. The van der Waals surface area contributed by atoms with Gasteiger partial charge in [-0.05, 0) is 36.6 Å². The van der Waals surface area contributed by atoms with E-state index in [9.17, 15) is 9.18 Å². The van der Waals surface area contributed by atoms with Crippen molar-refractivity contribution in [1.82, 2.24) is 0 Å². The van der Waals surface area contributed by atoms with Crippen molar-refractivity contribution < 1.29 is 13.9 Å². The second kappa shape index (κ2) is 7.11. The van der Waals surface area contributed by atoms with Crippen LogP contribution in [0.1, 0.15) is 32.3 Å². The summed E-state index contributed by atoms with van der Waals surface area (Å²) in [6, 6.07) is 13.7. The van der Waals surface area contributed by atoms with Crippen molar-refractivity contribution in [3.05, 3.63) is 59.9 Å². The predicted molar refractivity (Wildman–Crippen MR) is 89.0 cm³/mol. The van der Waals surface area contributed by atoms with Gasteiger partial charge >= 0.3 is 5.97 Å². The number of ether oxygens (including phenoxy) is 1. The first-order valence-electron chi connectivity index (χ1n) is 7.54. The largest absolute Gasteiger partial charge is 0.442 e. The molecule has 0 N–H and O–H groups in total. The molecule has 118 valence electrons. The maximum atomic E-state index is 13.0. The smallest absolute Gasteiger partial charge is 0.307 e. The van der Waals surface area contributed by atoms with Gasteiger partial charge in [-0.25, -0.2) is 4.39 Å². The third-order valence-electron chi connectivity index (χ3n) is 3.66. The maximum Gasteiger partial charge on any atom is 0.307 e. The summed E-state index contributed by atoms with van der Waals surface area (Å²) < 4.78 is 18.4. The highest BCUT2D eigenvalue weighted by atomic mass is 19.1. The average Bonchev–Trinajstić information content (AvgIpc) is 2.56. The number of hydrogen-bond acceptors (Lipinski definition) is 2. The summed E-state index contributed by atoms with van der Waals surface area (Å²) in [5, 5.41) is 0. The van der Waals surface area contributed by atoms with Crippen LogP contribution >= 0.6 is 0 Å². The van der Waals surface area contributed by atoms with Gasteiger partial charge in [0, 0.05) is 12.0 Å². The van der Waals surface area contributed by atoms with E-state index in [1.165, 1.54) is 12.1 Å². The van der Waals surface area contributed by atoms with Crippen molar-refractivity contribution >= 4 is 5.97 Å². The van der Waals surface area contributed by atoms with Gasteiger partial charge in [0.15, 0.2) is 5.60 Å². The Hall–Kier alpha value is -2.60. The Kier molecular flexibility index (Phi) is 5.18. The van der Waals surface area contributed by atoms with E-state index in [0.29, 0.717) is 12.8 Å². The minimum atomic E-state index is -1.09. The Morgan fingerprint density at radius 3 is 2.13 bits per heavy atom. The van der Waals surface area contributed by atoms with Crippen molar-refractivity contribution in [1.29, 1.82) is 0 Å². The van der Waals surface area contributed by atoms with Crippen LogP contribution in [0, 0.1) is 18.2 Å². The fourth-order valence-corrected chi connectivity index (χ4v) is 2.28. The first-order valence-corrected chi connectivity index (χ1v) is 7.54. The molecule has 0 aliphatic rings. The SMILES string of the molecule is C#CC(C)(OC(=O)CCC)c1ccc(-c2ccc(F)cc2)cc1. The molecule has 2 aromatic carbocycles. The van der Waals surface area contributed by atoms with E-state index in [0.717, 1.165) is 16.7 Å². The Bertz CT molecular complexity index is 711. The Labute approximate surface area is 136 Å². The zero-order chi connectivity index (χ0) is 16.9. The van der Waals surface area contributed by atoms with Crippen LogP contribution in [0.15, 0.2) is 48.5 Å². The minimum absolute atomic E-state index is 0.270. The number of esters is 1. The molecule has 0 amide bonds. The molecule has 0 aromatic heterocycles. The van der Waals surface area contributed by atoms with Crippen molar-refractivity contribution in [2.75, 3.05) is 0 Å². The van der Waals surface area contributed by atoms with Crippen LogP contribution in [0.2, 0.25) is 0 Å². The molecule has 0 saturated heterocycles. The van der Waals surface area contributed by atoms with Gasteiger partial charge in [0.2, 0.25) is 0 Å². The molecule has 0 radical (unpaired) electrons. The van der Waals surface area contributed by atoms with E-state index in [1.807, 2.05) is 31.2 Å². The molecule has 0 bridgehead atoms. The van der Waals surface area contributed by atoms with Crippen LogP contribution in [0.3, 0.4) is 0 Å². The first-order chi connectivity index (χ1) is 11.0. The molecular formula is C20H19FO2. The molecule has 0 fully saturated rings. The minimum Gasteiger partial charge on any atom is -0.442 e. The summed E-state index contributed by atoms with van der Waals surface area (Å²) in [5.74, 6) is 1.98.